The van der Waals surface area contributed by atoms with Gasteiger partial charge in [0.05, 0.1) is 6.10 Å². The number of carboxylic acids is 1. The SMILES string of the molecule is O=C(O)[C@@H](CCOC1CC(CCc2ccc3c(n2)NCCC3)C1)NC(=O)C1(C(F)(F)F)CCOCC1. The molecule has 11 heteroatoms. The molecule has 0 spiro atoms. The van der Waals surface area contributed by atoms with Gasteiger partial charge in [-0.05, 0) is 68.9 Å². The standard InChI is InChI=1S/C25H34F3N3O5/c26-25(27,28)24(8-12-35-13-9-24)23(34)31-20(22(32)33)7-11-36-19-14-16(15-19)3-5-18-6-4-17-2-1-10-29-21(17)30-18/h4,6,16,19-20H,1-3,5,7-15H2,(H,29,30)(H,31,34)(H,32,33)/t16?,19?,20-/m1/s1. The molecule has 1 saturated heterocycles. The molecule has 0 bridgehead atoms. The number of nitrogens with zero attached hydrogens (tertiary/aromatic N) is 1. The van der Waals surface area contributed by atoms with E-state index in [0.717, 1.165) is 56.6 Å². The van der Waals surface area contributed by atoms with Crippen molar-refractivity contribution in [3.05, 3.63) is 23.4 Å². The van der Waals surface area contributed by atoms with Crippen molar-refractivity contribution in [3.8, 4) is 0 Å². The number of aliphatic carboxylic acids is 1. The molecule has 8 nitrogen and oxygen atoms in total. The van der Waals surface area contributed by atoms with Crippen LogP contribution in [0.25, 0.3) is 0 Å². The van der Waals surface area contributed by atoms with Crippen molar-refractivity contribution in [2.45, 2.75) is 76.1 Å². The molecule has 1 atom stereocenters. The van der Waals surface area contributed by atoms with Crippen LogP contribution in [0.3, 0.4) is 0 Å². The van der Waals surface area contributed by atoms with Gasteiger partial charge >= 0.3 is 12.1 Å². The van der Waals surface area contributed by atoms with E-state index < -0.39 is 42.4 Å². The number of hydrogen-bond acceptors (Lipinski definition) is 6. The van der Waals surface area contributed by atoms with E-state index >= 15 is 0 Å². The van der Waals surface area contributed by atoms with Gasteiger partial charge in [0.1, 0.15) is 17.3 Å². The predicted octanol–water partition coefficient (Wildman–Crippen LogP) is 3.49. The Morgan fingerprint density at radius 3 is 2.72 bits per heavy atom. The van der Waals surface area contributed by atoms with Crippen LogP contribution >= 0.6 is 0 Å². The first kappa shape index (κ1) is 26.7. The number of halogens is 3. The van der Waals surface area contributed by atoms with Crippen LogP contribution in [0.5, 0.6) is 0 Å². The Labute approximate surface area is 208 Å². The maximum absolute atomic E-state index is 13.7. The largest absolute Gasteiger partial charge is 0.480 e. The Morgan fingerprint density at radius 1 is 1.28 bits per heavy atom. The van der Waals surface area contributed by atoms with Gasteiger partial charge in [0.2, 0.25) is 5.91 Å². The quantitative estimate of drug-likeness (QED) is 0.439. The van der Waals surface area contributed by atoms with E-state index in [1.54, 1.807) is 0 Å². The summed E-state index contributed by atoms with van der Waals surface area (Å²) in [6.45, 7) is 0.608. The van der Waals surface area contributed by atoms with Crippen molar-refractivity contribution in [1.29, 1.82) is 0 Å². The number of carbonyl (C=O) groups is 2. The zero-order chi connectivity index (χ0) is 25.8. The summed E-state index contributed by atoms with van der Waals surface area (Å²) in [5.41, 5.74) is -0.294. The molecular weight excluding hydrogens is 479 g/mol. The lowest BCUT2D eigenvalue weighted by molar-refractivity contribution is -0.240. The van der Waals surface area contributed by atoms with Crippen molar-refractivity contribution in [2.75, 3.05) is 31.7 Å². The van der Waals surface area contributed by atoms with Gasteiger partial charge in [0.15, 0.2) is 0 Å². The monoisotopic (exact) mass is 513 g/mol. The van der Waals surface area contributed by atoms with Crippen LogP contribution in [-0.4, -0.2) is 66.7 Å². The number of alkyl halides is 3. The van der Waals surface area contributed by atoms with E-state index in [2.05, 4.69) is 22.8 Å². The minimum atomic E-state index is -4.79. The summed E-state index contributed by atoms with van der Waals surface area (Å²) in [7, 11) is 0. The van der Waals surface area contributed by atoms with Crippen molar-refractivity contribution in [1.82, 2.24) is 10.3 Å². The van der Waals surface area contributed by atoms with E-state index in [-0.39, 0.29) is 32.3 Å². The second-order valence-electron chi connectivity index (χ2n) is 10.1. The lowest BCUT2D eigenvalue weighted by Crippen LogP contribution is -2.57. The molecule has 1 aromatic rings. The highest BCUT2D eigenvalue weighted by molar-refractivity contribution is 5.88. The molecule has 1 aliphatic carbocycles. The van der Waals surface area contributed by atoms with E-state index in [9.17, 15) is 27.9 Å². The molecule has 0 radical (unpaired) electrons. The number of rotatable bonds is 10. The molecule has 4 rings (SSSR count). The number of nitrogens with one attached hydrogen (secondary N) is 2. The number of amides is 1. The normalized spacial score (nSPS) is 24.1. The van der Waals surface area contributed by atoms with Gasteiger partial charge in [-0.2, -0.15) is 13.2 Å². The predicted molar refractivity (Wildman–Crippen MR) is 125 cm³/mol. The molecule has 1 saturated carbocycles. The van der Waals surface area contributed by atoms with Gasteiger partial charge in [-0.3, -0.25) is 4.79 Å². The highest BCUT2D eigenvalue weighted by atomic mass is 19.4. The third-order valence-corrected chi connectivity index (χ3v) is 7.64. The summed E-state index contributed by atoms with van der Waals surface area (Å²) < 4.78 is 51.8. The minimum absolute atomic E-state index is 0.00434. The van der Waals surface area contributed by atoms with Crippen LogP contribution in [0.1, 0.15) is 56.2 Å². The van der Waals surface area contributed by atoms with Gasteiger partial charge in [0.25, 0.3) is 0 Å². The number of ether oxygens (including phenoxy) is 2. The van der Waals surface area contributed by atoms with Crippen LogP contribution in [0, 0.1) is 11.3 Å². The highest BCUT2D eigenvalue weighted by Gasteiger charge is 2.60. The Kier molecular flexibility index (Phi) is 8.39. The molecule has 0 aromatic carbocycles. The fraction of sp³-hybridized carbons (Fsp3) is 0.720. The summed E-state index contributed by atoms with van der Waals surface area (Å²) in [4.78, 5) is 28.9. The number of carboxylic acid groups (broad SMARTS) is 1. The Hall–Kier alpha value is -2.40. The van der Waals surface area contributed by atoms with E-state index in [1.165, 1.54) is 5.56 Å². The molecule has 36 heavy (non-hydrogen) atoms. The average molecular weight is 514 g/mol. The Balaban J connectivity index is 1.18. The number of aromatic nitrogens is 1. The molecule has 2 aliphatic heterocycles. The summed E-state index contributed by atoms with van der Waals surface area (Å²) >= 11 is 0. The smallest absolute Gasteiger partial charge is 0.403 e. The van der Waals surface area contributed by atoms with Crippen molar-refractivity contribution >= 4 is 17.7 Å². The molecular formula is C25H34F3N3O5. The molecule has 2 fully saturated rings. The summed E-state index contributed by atoms with van der Waals surface area (Å²) in [5.74, 6) is -1.20. The zero-order valence-corrected chi connectivity index (χ0v) is 20.2. The van der Waals surface area contributed by atoms with Gasteiger partial charge < -0.3 is 25.2 Å². The van der Waals surface area contributed by atoms with Crippen LogP contribution in [0.4, 0.5) is 19.0 Å². The molecule has 3 aliphatic rings. The Bertz CT molecular complexity index is 930. The van der Waals surface area contributed by atoms with Gasteiger partial charge in [-0.25, -0.2) is 9.78 Å². The molecule has 3 N–H and O–H groups in total. The van der Waals surface area contributed by atoms with Crippen molar-refractivity contribution in [2.24, 2.45) is 11.3 Å². The summed E-state index contributed by atoms with van der Waals surface area (Å²) in [5, 5.41) is 14.9. The fourth-order valence-electron chi connectivity index (χ4n) is 5.17. The zero-order valence-electron chi connectivity index (χ0n) is 20.2. The molecule has 3 heterocycles. The number of carbonyl (C=O) groups excluding carboxylic acids is 1. The number of hydrogen-bond donors (Lipinski definition) is 3. The second-order valence-corrected chi connectivity index (χ2v) is 10.1. The van der Waals surface area contributed by atoms with Crippen molar-refractivity contribution < 1.29 is 37.3 Å². The van der Waals surface area contributed by atoms with Crippen LogP contribution < -0.4 is 10.6 Å². The first-order valence-electron chi connectivity index (χ1n) is 12.7. The first-order chi connectivity index (χ1) is 17.2. The lowest BCUT2D eigenvalue weighted by atomic mass is 9.78. The molecule has 0 unspecified atom stereocenters. The maximum atomic E-state index is 13.7. The van der Waals surface area contributed by atoms with Crippen LogP contribution in [0.2, 0.25) is 0 Å². The fourth-order valence-corrected chi connectivity index (χ4v) is 5.17. The minimum Gasteiger partial charge on any atom is -0.480 e. The van der Waals surface area contributed by atoms with E-state index in [0.29, 0.717) is 5.92 Å². The molecule has 200 valence electrons. The third kappa shape index (κ3) is 6.11. The summed E-state index contributed by atoms with van der Waals surface area (Å²) in [6, 6.07) is 2.79. The molecule has 1 amide bonds. The van der Waals surface area contributed by atoms with Gasteiger partial charge in [-0.1, -0.05) is 6.07 Å². The second kappa shape index (κ2) is 11.3. The van der Waals surface area contributed by atoms with Crippen molar-refractivity contribution in [3.63, 3.8) is 0 Å². The van der Waals surface area contributed by atoms with E-state index in [4.69, 9.17) is 14.5 Å². The number of anilines is 1. The summed E-state index contributed by atoms with van der Waals surface area (Å²) in [6.07, 6.45) is -0.176. The number of aryl methyl sites for hydroxylation is 2. The molecule has 1 aromatic heterocycles. The number of pyridine rings is 1. The number of fused-ring (bicyclic) bond motifs is 1. The maximum Gasteiger partial charge on any atom is 0.403 e. The first-order valence-corrected chi connectivity index (χ1v) is 12.7. The van der Waals surface area contributed by atoms with E-state index in [1.807, 2.05) is 0 Å². The van der Waals surface area contributed by atoms with Crippen LogP contribution in [0.15, 0.2) is 12.1 Å². The van der Waals surface area contributed by atoms with Crippen LogP contribution in [-0.2, 0) is 31.9 Å². The lowest BCUT2D eigenvalue weighted by Gasteiger charge is -2.38. The topological polar surface area (TPSA) is 110 Å². The average Bonchev–Trinajstić information content (AvgIpc) is 2.83. The highest BCUT2D eigenvalue weighted by Crippen LogP contribution is 2.46. The van der Waals surface area contributed by atoms with Gasteiger partial charge in [0, 0.05) is 38.5 Å². The Morgan fingerprint density at radius 2 is 2.03 bits per heavy atom. The van der Waals surface area contributed by atoms with Gasteiger partial charge in [-0.15, -0.1) is 0 Å². The third-order valence-electron chi connectivity index (χ3n) is 7.64.